The first-order chi connectivity index (χ1) is 17.5. The summed E-state index contributed by atoms with van der Waals surface area (Å²) in [4.78, 5) is 15.0. The third-order valence-electron chi connectivity index (χ3n) is 5.71. The molecule has 0 aliphatic heterocycles. The van der Waals surface area contributed by atoms with Gasteiger partial charge in [-0.15, -0.1) is 0 Å². The zero-order valence-corrected chi connectivity index (χ0v) is 21.4. The van der Waals surface area contributed by atoms with Crippen LogP contribution in [0.3, 0.4) is 0 Å². The first-order valence-corrected chi connectivity index (χ1v) is 12.2. The molecule has 6 nitrogen and oxygen atoms in total. The zero-order valence-electron chi connectivity index (χ0n) is 21.4. The molecule has 1 amide bonds. The van der Waals surface area contributed by atoms with Gasteiger partial charge in [-0.25, -0.2) is 0 Å². The summed E-state index contributed by atoms with van der Waals surface area (Å²) in [5, 5.41) is 12.4. The molecule has 0 fully saturated rings. The second-order valence-electron chi connectivity index (χ2n) is 8.26. The van der Waals surface area contributed by atoms with Crippen molar-refractivity contribution in [3.8, 4) is 17.6 Å². The minimum absolute atomic E-state index is 0.00130. The maximum absolute atomic E-state index is 12.8. The number of carbonyl (C=O) groups is 1. The first kappa shape index (κ1) is 26.4. The lowest BCUT2D eigenvalue weighted by atomic mass is 10.1. The van der Waals surface area contributed by atoms with Gasteiger partial charge in [-0.05, 0) is 81.3 Å². The SMILES string of the molecule is CCOc1cc(/C=C(/C#N)C(=O)Nc2ccc(N(CC)CC)cc2)ccc1OCc1ccc(C)cc1. The van der Waals surface area contributed by atoms with E-state index in [2.05, 4.69) is 24.1 Å². The fourth-order valence-corrected chi connectivity index (χ4v) is 3.71. The summed E-state index contributed by atoms with van der Waals surface area (Å²) >= 11 is 0. The molecule has 0 aliphatic carbocycles. The maximum atomic E-state index is 12.8. The first-order valence-electron chi connectivity index (χ1n) is 12.2. The van der Waals surface area contributed by atoms with Gasteiger partial charge in [0.05, 0.1) is 6.61 Å². The second-order valence-corrected chi connectivity index (χ2v) is 8.26. The Balaban J connectivity index is 1.73. The Morgan fingerprint density at radius 2 is 1.64 bits per heavy atom. The third kappa shape index (κ3) is 7.13. The minimum Gasteiger partial charge on any atom is -0.490 e. The van der Waals surface area contributed by atoms with Crippen LogP contribution in [0.5, 0.6) is 11.5 Å². The molecule has 186 valence electrons. The lowest BCUT2D eigenvalue weighted by Gasteiger charge is -2.21. The van der Waals surface area contributed by atoms with Crippen molar-refractivity contribution in [2.45, 2.75) is 34.3 Å². The van der Waals surface area contributed by atoms with Crippen molar-refractivity contribution in [1.82, 2.24) is 0 Å². The topological polar surface area (TPSA) is 74.6 Å². The quantitative estimate of drug-likeness (QED) is 0.254. The summed E-state index contributed by atoms with van der Waals surface area (Å²) in [7, 11) is 0. The molecule has 6 heteroatoms. The monoisotopic (exact) mass is 483 g/mol. The number of amides is 1. The predicted octanol–water partition coefficient (Wildman–Crippen LogP) is 6.36. The van der Waals surface area contributed by atoms with Crippen molar-refractivity contribution in [3.63, 3.8) is 0 Å². The van der Waals surface area contributed by atoms with Crippen molar-refractivity contribution >= 4 is 23.4 Å². The minimum atomic E-state index is -0.467. The van der Waals surface area contributed by atoms with Gasteiger partial charge in [-0.1, -0.05) is 35.9 Å². The number of hydrogen-bond donors (Lipinski definition) is 1. The molecule has 0 spiro atoms. The van der Waals surface area contributed by atoms with Crippen molar-refractivity contribution < 1.29 is 14.3 Å². The van der Waals surface area contributed by atoms with E-state index in [4.69, 9.17) is 9.47 Å². The highest BCUT2D eigenvalue weighted by Gasteiger charge is 2.12. The van der Waals surface area contributed by atoms with E-state index in [1.54, 1.807) is 24.3 Å². The number of nitrogens with zero attached hydrogens (tertiary/aromatic N) is 2. The van der Waals surface area contributed by atoms with Crippen LogP contribution in [0.1, 0.15) is 37.5 Å². The fraction of sp³-hybridized carbons (Fsp3) is 0.267. The fourth-order valence-electron chi connectivity index (χ4n) is 3.71. The summed E-state index contributed by atoms with van der Waals surface area (Å²) in [6.07, 6.45) is 1.55. The Kier molecular flexibility index (Phi) is 9.53. The average molecular weight is 484 g/mol. The van der Waals surface area contributed by atoms with Crippen molar-refractivity contribution in [1.29, 1.82) is 5.26 Å². The van der Waals surface area contributed by atoms with Crippen LogP contribution < -0.4 is 19.7 Å². The largest absolute Gasteiger partial charge is 0.490 e. The molecule has 3 rings (SSSR count). The van der Waals surface area contributed by atoms with Crippen LogP contribution in [0.4, 0.5) is 11.4 Å². The molecule has 36 heavy (non-hydrogen) atoms. The van der Waals surface area contributed by atoms with Gasteiger partial charge in [0.25, 0.3) is 5.91 Å². The van der Waals surface area contributed by atoms with Gasteiger partial charge < -0.3 is 19.7 Å². The molecule has 0 saturated heterocycles. The predicted molar refractivity (Wildman–Crippen MR) is 145 cm³/mol. The molecule has 1 N–H and O–H groups in total. The Bertz CT molecular complexity index is 1220. The van der Waals surface area contributed by atoms with E-state index in [1.165, 1.54) is 5.56 Å². The lowest BCUT2D eigenvalue weighted by molar-refractivity contribution is -0.112. The van der Waals surface area contributed by atoms with Crippen LogP contribution in [0.15, 0.2) is 72.3 Å². The zero-order chi connectivity index (χ0) is 25.9. The van der Waals surface area contributed by atoms with E-state index >= 15 is 0 Å². The second kappa shape index (κ2) is 13.0. The molecule has 3 aromatic carbocycles. The number of nitrogens with one attached hydrogen (secondary N) is 1. The average Bonchev–Trinajstić information content (AvgIpc) is 2.89. The Morgan fingerprint density at radius 1 is 0.944 bits per heavy atom. The molecule has 3 aromatic rings. The number of carbonyl (C=O) groups excluding carboxylic acids is 1. The Morgan fingerprint density at radius 3 is 2.25 bits per heavy atom. The highest BCUT2D eigenvalue weighted by Crippen LogP contribution is 2.30. The van der Waals surface area contributed by atoms with E-state index < -0.39 is 5.91 Å². The van der Waals surface area contributed by atoms with Gasteiger partial charge in [0.15, 0.2) is 11.5 Å². The molecule has 0 heterocycles. The molecule has 0 aliphatic rings. The third-order valence-corrected chi connectivity index (χ3v) is 5.71. The summed E-state index contributed by atoms with van der Waals surface area (Å²) in [6, 6.07) is 23.1. The van der Waals surface area contributed by atoms with E-state index in [1.807, 2.05) is 68.4 Å². The van der Waals surface area contributed by atoms with Crippen LogP contribution >= 0.6 is 0 Å². The van der Waals surface area contributed by atoms with Crippen LogP contribution in [0.2, 0.25) is 0 Å². The number of nitriles is 1. The van der Waals surface area contributed by atoms with E-state index in [0.717, 1.165) is 24.3 Å². The number of ether oxygens (including phenoxy) is 2. The Hall–Kier alpha value is -4.24. The van der Waals surface area contributed by atoms with E-state index in [9.17, 15) is 10.1 Å². The molecule has 0 bridgehead atoms. The molecule has 0 unspecified atom stereocenters. The number of anilines is 2. The summed E-state index contributed by atoms with van der Waals surface area (Å²) in [6.45, 7) is 10.8. The number of rotatable bonds is 11. The highest BCUT2D eigenvalue weighted by atomic mass is 16.5. The normalized spacial score (nSPS) is 10.9. The van der Waals surface area contributed by atoms with Crippen LogP contribution in [0, 0.1) is 18.3 Å². The van der Waals surface area contributed by atoms with Crippen LogP contribution in [-0.4, -0.2) is 25.6 Å². The maximum Gasteiger partial charge on any atom is 0.266 e. The highest BCUT2D eigenvalue weighted by molar-refractivity contribution is 6.09. The van der Waals surface area contributed by atoms with E-state index in [0.29, 0.717) is 36.0 Å². The van der Waals surface area contributed by atoms with E-state index in [-0.39, 0.29) is 5.57 Å². The number of hydrogen-bond acceptors (Lipinski definition) is 5. The summed E-state index contributed by atoms with van der Waals surface area (Å²) in [5.74, 6) is 0.694. The molecule has 0 aromatic heterocycles. The van der Waals surface area contributed by atoms with Crippen LogP contribution in [-0.2, 0) is 11.4 Å². The molecule has 0 saturated carbocycles. The van der Waals surface area contributed by atoms with Gasteiger partial charge in [-0.2, -0.15) is 5.26 Å². The molecule has 0 atom stereocenters. The van der Waals surface area contributed by atoms with Crippen molar-refractivity contribution in [2.24, 2.45) is 0 Å². The van der Waals surface area contributed by atoms with Gasteiger partial charge in [0.1, 0.15) is 18.2 Å². The van der Waals surface area contributed by atoms with Gasteiger partial charge in [0.2, 0.25) is 0 Å². The Labute approximate surface area is 213 Å². The van der Waals surface area contributed by atoms with Crippen LogP contribution in [0.25, 0.3) is 6.08 Å². The number of benzene rings is 3. The molecular weight excluding hydrogens is 450 g/mol. The van der Waals surface area contributed by atoms with Gasteiger partial charge in [-0.3, -0.25) is 4.79 Å². The smallest absolute Gasteiger partial charge is 0.266 e. The van der Waals surface area contributed by atoms with Crippen molar-refractivity contribution in [2.75, 3.05) is 29.9 Å². The van der Waals surface area contributed by atoms with Crippen molar-refractivity contribution in [3.05, 3.63) is 89.0 Å². The van der Waals surface area contributed by atoms with Gasteiger partial charge in [0, 0.05) is 24.5 Å². The number of aryl methyl sites for hydroxylation is 1. The molecule has 0 radical (unpaired) electrons. The lowest BCUT2D eigenvalue weighted by Crippen LogP contribution is -2.21. The van der Waals surface area contributed by atoms with Gasteiger partial charge >= 0.3 is 0 Å². The molecular formula is C30H33N3O3. The standard InChI is InChI=1S/C30H33N3O3/c1-5-33(6-2)27-15-13-26(14-16-27)32-30(34)25(20-31)18-24-12-17-28(29(19-24)35-7-3)36-21-23-10-8-22(4)9-11-23/h8-19H,5-7,21H2,1-4H3,(H,32,34)/b25-18-. The summed E-state index contributed by atoms with van der Waals surface area (Å²) in [5.41, 5.74) is 4.64. The summed E-state index contributed by atoms with van der Waals surface area (Å²) < 4.78 is 11.7.